The summed E-state index contributed by atoms with van der Waals surface area (Å²) in [5, 5.41) is 0. The molecule has 156 valence electrons. The first kappa shape index (κ1) is 21.2. The standard InChI is InChI=1S/C20H21F3N2O3S/c1-13(2)19(26)25-9-8-14-6-7-17(10-15(14)12-25)24-29(27,28)18-5-3-4-16(11-18)20(21,22)23/h3-7,10-11,13,24H,8-9,12H2,1-2H3. The second kappa shape index (κ2) is 7.70. The highest BCUT2D eigenvalue weighted by atomic mass is 32.2. The van der Waals surface area contributed by atoms with Gasteiger partial charge in [-0.25, -0.2) is 8.42 Å². The Morgan fingerprint density at radius 2 is 1.83 bits per heavy atom. The van der Waals surface area contributed by atoms with Crippen molar-refractivity contribution < 1.29 is 26.4 Å². The molecule has 0 saturated heterocycles. The van der Waals surface area contributed by atoms with E-state index in [2.05, 4.69) is 4.72 Å². The van der Waals surface area contributed by atoms with Crippen molar-refractivity contribution in [2.24, 2.45) is 5.92 Å². The van der Waals surface area contributed by atoms with Gasteiger partial charge in [0.05, 0.1) is 10.5 Å². The molecule has 29 heavy (non-hydrogen) atoms. The van der Waals surface area contributed by atoms with Crippen molar-refractivity contribution in [1.29, 1.82) is 0 Å². The zero-order chi connectivity index (χ0) is 21.4. The molecular weight excluding hydrogens is 405 g/mol. The molecule has 3 rings (SSSR count). The van der Waals surface area contributed by atoms with Gasteiger partial charge in [0.25, 0.3) is 10.0 Å². The summed E-state index contributed by atoms with van der Waals surface area (Å²) in [7, 11) is -4.20. The normalized spacial score (nSPS) is 14.6. The molecule has 0 unspecified atom stereocenters. The number of carbonyl (C=O) groups is 1. The smallest absolute Gasteiger partial charge is 0.338 e. The van der Waals surface area contributed by atoms with Gasteiger partial charge in [0.2, 0.25) is 5.91 Å². The number of amides is 1. The van der Waals surface area contributed by atoms with E-state index in [0.717, 1.165) is 29.3 Å². The third-order valence-corrected chi connectivity index (χ3v) is 6.13. The summed E-state index contributed by atoms with van der Waals surface area (Å²) in [5.41, 5.74) is 1.03. The number of hydrogen-bond acceptors (Lipinski definition) is 3. The minimum absolute atomic E-state index is 0.0191. The lowest BCUT2D eigenvalue weighted by molar-refractivity contribution is -0.138. The van der Waals surface area contributed by atoms with Gasteiger partial charge in [0.1, 0.15) is 0 Å². The number of rotatable bonds is 4. The third kappa shape index (κ3) is 4.72. The molecule has 1 aliphatic heterocycles. The molecule has 0 bridgehead atoms. The largest absolute Gasteiger partial charge is 0.416 e. The van der Waals surface area contributed by atoms with Crippen LogP contribution in [0.3, 0.4) is 0 Å². The Morgan fingerprint density at radius 3 is 2.48 bits per heavy atom. The van der Waals surface area contributed by atoms with Crippen LogP contribution < -0.4 is 4.72 Å². The maximum atomic E-state index is 12.9. The molecule has 1 heterocycles. The van der Waals surface area contributed by atoms with Crippen molar-refractivity contribution >= 4 is 21.6 Å². The van der Waals surface area contributed by atoms with Gasteiger partial charge >= 0.3 is 6.18 Å². The van der Waals surface area contributed by atoms with E-state index in [1.54, 1.807) is 23.1 Å². The van der Waals surface area contributed by atoms with Crippen LogP contribution in [0, 0.1) is 5.92 Å². The Morgan fingerprint density at radius 1 is 1.10 bits per heavy atom. The van der Waals surface area contributed by atoms with Crippen molar-refractivity contribution in [3.63, 3.8) is 0 Å². The summed E-state index contributed by atoms with van der Waals surface area (Å²) < 4.78 is 66.1. The summed E-state index contributed by atoms with van der Waals surface area (Å²) >= 11 is 0. The van der Waals surface area contributed by atoms with Gasteiger partial charge in [-0.1, -0.05) is 26.0 Å². The number of nitrogens with zero attached hydrogens (tertiary/aromatic N) is 1. The fraction of sp³-hybridized carbons (Fsp3) is 0.350. The molecule has 0 aromatic heterocycles. The van der Waals surface area contributed by atoms with E-state index >= 15 is 0 Å². The van der Waals surface area contributed by atoms with Crippen LogP contribution in [0.4, 0.5) is 18.9 Å². The second-order valence-electron chi connectivity index (χ2n) is 7.28. The summed E-state index contributed by atoms with van der Waals surface area (Å²) in [6, 6.07) is 8.56. The minimum Gasteiger partial charge on any atom is -0.338 e. The SMILES string of the molecule is CC(C)C(=O)N1CCc2ccc(NS(=O)(=O)c3cccc(C(F)(F)F)c3)cc2C1. The van der Waals surface area contributed by atoms with E-state index in [1.807, 2.05) is 13.8 Å². The van der Waals surface area contributed by atoms with Crippen LogP contribution in [0.1, 0.15) is 30.5 Å². The number of nitrogens with one attached hydrogen (secondary N) is 1. The van der Waals surface area contributed by atoms with Gasteiger partial charge in [0, 0.05) is 24.7 Å². The lowest BCUT2D eigenvalue weighted by Crippen LogP contribution is -2.38. The Kier molecular flexibility index (Phi) is 5.62. The van der Waals surface area contributed by atoms with E-state index in [4.69, 9.17) is 0 Å². The highest BCUT2D eigenvalue weighted by Gasteiger charge is 2.31. The predicted octanol–water partition coefficient (Wildman–Crippen LogP) is 4.05. The van der Waals surface area contributed by atoms with Crippen LogP contribution in [0.2, 0.25) is 0 Å². The first-order valence-corrected chi connectivity index (χ1v) is 10.6. The number of fused-ring (bicyclic) bond motifs is 1. The summed E-state index contributed by atoms with van der Waals surface area (Å²) in [6.45, 7) is 4.60. The Balaban J connectivity index is 1.84. The van der Waals surface area contributed by atoms with Gasteiger partial charge < -0.3 is 4.90 Å². The number of carbonyl (C=O) groups excluding carboxylic acids is 1. The third-order valence-electron chi connectivity index (χ3n) is 4.75. The fourth-order valence-corrected chi connectivity index (χ4v) is 4.32. The van der Waals surface area contributed by atoms with Crippen molar-refractivity contribution in [2.45, 2.75) is 37.9 Å². The maximum absolute atomic E-state index is 12.9. The van der Waals surface area contributed by atoms with Gasteiger partial charge in [-0.05, 0) is 47.9 Å². The van der Waals surface area contributed by atoms with E-state index in [0.29, 0.717) is 25.6 Å². The number of halogens is 3. The molecule has 5 nitrogen and oxygen atoms in total. The minimum atomic E-state index is -4.64. The fourth-order valence-electron chi connectivity index (χ4n) is 3.23. The number of benzene rings is 2. The van der Waals surface area contributed by atoms with Crippen molar-refractivity contribution in [3.8, 4) is 0 Å². The summed E-state index contributed by atoms with van der Waals surface area (Å²) in [6.07, 6.45) is -3.97. The average molecular weight is 426 g/mol. The average Bonchev–Trinajstić information content (AvgIpc) is 2.66. The molecular formula is C20H21F3N2O3S. The van der Waals surface area contributed by atoms with E-state index in [1.165, 1.54) is 0 Å². The van der Waals surface area contributed by atoms with Crippen LogP contribution in [0.5, 0.6) is 0 Å². The van der Waals surface area contributed by atoms with Crippen LogP contribution in [-0.2, 0) is 34.0 Å². The second-order valence-corrected chi connectivity index (χ2v) is 8.96. The molecule has 0 radical (unpaired) electrons. The van der Waals surface area contributed by atoms with E-state index in [-0.39, 0.29) is 17.5 Å². The number of alkyl halides is 3. The molecule has 1 N–H and O–H groups in total. The molecule has 0 fully saturated rings. The van der Waals surface area contributed by atoms with E-state index in [9.17, 15) is 26.4 Å². The monoisotopic (exact) mass is 426 g/mol. The first-order chi connectivity index (χ1) is 13.5. The molecule has 0 spiro atoms. The van der Waals surface area contributed by atoms with Crippen molar-refractivity contribution in [1.82, 2.24) is 4.90 Å². The van der Waals surface area contributed by atoms with Gasteiger partial charge in [-0.2, -0.15) is 13.2 Å². The molecule has 2 aromatic rings. The van der Waals surface area contributed by atoms with E-state index < -0.39 is 26.7 Å². The zero-order valence-corrected chi connectivity index (χ0v) is 16.8. The van der Waals surface area contributed by atoms with Gasteiger partial charge in [0.15, 0.2) is 0 Å². The molecule has 1 amide bonds. The predicted molar refractivity (Wildman–Crippen MR) is 103 cm³/mol. The Hall–Kier alpha value is -2.55. The van der Waals surface area contributed by atoms with Crippen LogP contribution in [-0.4, -0.2) is 25.8 Å². The van der Waals surface area contributed by atoms with Crippen LogP contribution >= 0.6 is 0 Å². The summed E-state index contributed by atoms with van der Waals surface area (Å²) in [5.74, 6) is -0.121. The van der Waals surface area contributed by atoms with Crippen molar-refractivity contribution in [3.05, 3.63) is 59.2 Å². The number of hydrogen-bond donors (Lipinski definition) is 1. The highest BCUT2D eigenvalue weighted by molar-refractivity contribution is 7.92. The first-order valence-electron chi connectivity index (χ1n) is 9.08. The molecule has 2 aromatic carbocycles. The Bertz CT molecular complexity index is 1030. The number of sulfonamides is 1. The molecule has 0 aliphatic carbocycles. The quantitative estimate of drug-likeness (QED) is 0.802. The molecule has 0 atom stereocenters. The number of anilines is 1. The van der Waals surface area contributed by atoms with Crippen LogP contribution in [0.15, 0.2) is 47.4 Å². The maximum Gasteiger partial charge on any atom is 0.416 e. The molecule has 9 heteroatoms. The highest BCUT2D eigenvalue weighted by Crippen LogP contribution is 2.31. The molecule has 1 aliphatic rings. The summed E-state index contributed by atoms with van der Waals surface area (Å²) in [4.78, 5) is 13.5. The van der Waals surface area contributed by atoms with Gasteiger partial charge in [-0.3, -0.25) is 9.52 Å². The van der Waals surface area contributed by atoms with Crippen LogP contribution in [0.25, 0.3) is 0 Å². The van der Waals surface area contributed by atoms with Crippen molar-refractivity contribution in [2.75, 3.05) is 11.3 Å². The Labute approximate surface area is 167 Å². The topological polar surface area (TPSA) is 66.5 Å². The molecule has 0 saturated carbocycles. The lowest BCUT2D eigenvalue weighted by atomic mass is 9.98. The zero-order valence-electron chi connectivity index (χ0n) is 16.0. The lowest BCUT2D eigenvalue weighted by Gasteiger charge is -2.30. The van der Waals surface area contributed by atoms with Gasteiger partial charge in [-0.15, -0.1) is 0 Å².